The summed E-state index contributed by atoms with van der Waals surface area (Å²) in [6, 6.07) is 7.51. The van der Waals surface area contributed by atoms with Crippen molar-refractivity contribution in [1.82, 2.24) is 9.97 Å². The largest absolute Gasteiger partial charge is 0.523 e. The maximum Gasteiger partial charge on any atom is 0.523 e. The molecule has 0 saturated carbocycles. The van der Waals surface area contributed by atoms with Crippen molar-refractivity contribution in [2.45, 2.75) is 30.2 Å². The first-order valence-corrected chi connectivity index (χ1v) is 8.90. The number of allylic oxidation sites excluding steroid dienone is 2. The molecule has 0 amide bonds. The van der Waals surface area contributed by atoms with Crippen LogP contribution in [-0.4, -0.2) is 34.9 Å². The summed E-state index contributed by atoms with van der Waals surface area (Å²) in [7, 11) is 1.58. The van der Waals surface area contributed by atoms with E-state index in [4.69, 9.17) is 22.1 Å². The molecule has 0 aliphatic heterocycles. The predicted octanol–water partition coefficient (Wildman–Crippen LogP) is 4.53. The van der Waals surface area contributed by atoms with Crippen LogP contribution in [0, 0.1) is 0 Å². The smallest absolute Gasteiger partial charge is 0.497 e. The van der Waals surface area contributed by atoms with E-state index in [0.717, 1.165) is 22.6 Å². The van der Waals surface area contributed by atoms with E-state index in [0.29, 0.717) is 6.42 Å². The Kier molecular flexibility index (Phi) is 6.00. The number of alkyl halides is 4. The molecule has 3 N–H and O–H groups in total. The van der Waals surface area contributed by atoms with E-state index in [1.54, 1.807) is 25.5 Å². The molecule has 1 aromatic heterocycles. The number of nitrogens with zero attached hydrogens (tertiary/aromatic N) is 1. The molecule has 3 unspecified atom stereocenters. The summed E-state index contributed by atoms with van der Waals surface area (Å²) in [6.45, 7) is 0. The summed E-state index contributed by atoms with van der Waals surface area (Å²) in [4.78, 5) is 7.07. The Morgan fingerprint density at radius 1 is 1.29 bits per heavy atom. The lowest BCUT2D eigenvalue weighted by Crippen LogP contribution is -2.30. The van der Waals surface area contributed by atoms with Gasteiger partial charge in [0.25, 0.3) is 0 Å². The number of aromatic nitrogens is 2. The number of ether oxygens (including phenoxy) is 2. The van der Waals surface area contributed by atoms with Crippen LogP contribution in [0.4, 0.5) is 19.1 Å². The summed E-state index contributed by atoms with van der Waals surface area (Å²) in [6.07, 6.45) is 0.643. The first-order chi connectivity index (χ1) is 13.2. The molecule has 0 spiro atoms. The van der Waals surface area contributed by atoms with E-state index < -0.39 is 17.8 Å². The highest BCUT2D eigenvalue weighted by Crippen LogP contribution is 2.34. The van der Waals surface area contributed by atoms with Crippen molar-refractivity contribution in [3.05, 3.63) is 65.5 Å². The van der Waals surface area contributed by atoms with Crippen LogP contribution in [0.5, 0.6) is 5.75 Å². The van der Waals surface area contributed by atoms with Gasteiger partial charge in [-0.25, -0.2) is 4.98 Å². The fourth-order valence-electron chi connectivity index (χ4n) is 3.08. The molecule has 1 aliphatic rings. The van der Waals surface area contributed by atoms with Gasteiger partial charge >= 0.3 is 6.36 Å². The Bertz CT molecular complexity index is 862. The molecule has 5 nitrogen and oxygen atoms in total. The van der Waals surface area contributed by atoms with Gasteiger partial charge in [-0.3, -0.25) is 4.74 Å². The van der Waals surface area contributed by atoms with Crippen molar-refractivity contribution in [3.8, 4) is 5.75 Å². The number of benzene rings is 1. The highest BCUT2D eigenvalue weighted by atomic mass is 35.5. The average molecular weight is 414 g/mol. The lowest BCUT2D eigenvalue weighted by molar-refractivity contribution is -0.335. The first-order valence-electron chi connectivity index (χ1n) is 8.47. The van der Waals surface area contributed by atoms with E-state index >= 15 is 0 Å². The van der Waals surface area contributed by atoms with E-state index in [1.165, 1.54) is 6.08 Å². The average Bonchev–Trinajstić information content (AvgIpc) is 3.07. The zero-order valence-corrected chi connectivity index (χ0v) is 15.7. The fraction of sp³-hybridized carbons (Fsp3) is 0.316. The van der Waals surface area contributed by atoms with Crippen LogP contribution in [0.1, 0.15) is 23.6 Å². The van der Waals surface area contributed by atoms with Gasteiger partial charge in [-0.05, 0) is 29.7 Å². The number of nitrogen functional groups attached to an aromatic ring is 1. The Morgan fingerprint density at radius 3 is 2.54 bits per heavy atom. The maximum absolute atomic E-state index is 12.5. The molecule has 1 aliphatic carbocycles. The number of anilines is 1. The predicted molar refractivity (Wildman–Crippen MR) is 100 cm³/mol. The van der Waals surface area contributed by atoms with E-state index in [2.05, 4.69) is 14.7 Å². The molecule has 3 atom stereocenters. The van der Waals surface area contributed by atoms with E-state index in [9.17, 15) is 13.2 Å². The van der Waals surface area contributed by atoms with Gasteiger partial charge in [0.2, 0.25) is 0 Å². The molecule has 9 heteroatoms. The summed E-state index contributed by atoms with van der Waals surface area (Å²) in [5.74, 6) is 0.863. The van der Waals surface area contributed by atoms with Crippen molar-refractivity contribution in [1.29, 1.82) is 0 Å². The van der Waals surface area contributed by atoms with Gasteiger partial charge < -0.3 is 15.5 Å². The minimum Gasteiger partial charge on any atom is -0.497 e. The lowest BCUT2D eigenvalue weighted by Gasteiger charge is -2.24. The number of hydrogen-bond acceptors (Lipinski definition) is 4. The normalized spacial score (nSPS) is 20.7. The topological polar surface area (TPSA) is 73.2 Å². The third-order valence-electron chi connectivity index (χ3n) is 4.41. The standard InChI is InChI=1S/C19H19ClF3N3O2/c1-27-13-5-3-12(4-6-13)14(16-10-25-18(24)26-16)8-11-2-7-17(15(20)9-11)28-19(21,22)23/h2-7,9-10,14-15,17H,8H2,1H3,(H3,24,25,26). The molecule has 2 aromatic rings. The number of rotatable bonds is 6. The number of hydrogen-bond donors (Lipinski definition) is 2. The van der Waals surface area contributed by atoms with Crippen molar-refractivity contribution >= 4 is 17.5 Å². The number of halogens is 4. The minimum absolute atomic E-state index is 0.143. The molecule has 28 heavy (non-hydrogen) atoms. The first kappa shape index (κ1) is 20.3. The van der Waals surface area contributed by atoms with Gasteiger partial charge in [-0.15, -0.1) is 24.8 Å². The summed E-state index contributed by atoms with van der Waals surface area (Å²) >= 11 is 6.09. The summed E-state index contributed by atoms with van der Waals surface area (Å²) in [5, 5.41) is -0.926. The van der Waals surface area contributed by atoms with Gasteiger partial charge in [0, 0.05) is 11.6 Å². The second-order valence-corrected chi connectivity index (χ2v) is 6.83. The summed E-state index contributed by atoms with van der Waals surface area (Å²) < 4.78 is 46.6. The third kappa shape index (κ3) is 5.08. The quantitative estimate of drug-likeness (QED) is 0.682. The molecular formula is C19H19ClF3N3O2. The number of aromatic amines is 1. The van der Waals surface area contributed by atoms with Crippen LogP contribution < -0.4 is 10.5 Å². The van der Waals surface area contributed by atoms with Crippen molar-refractivity contribution in [3.63, 3.8) is 0 Å². The molecule has 0 fully saturated rings. The highest BCUT2D eigenvalue weighted by Gasteiger charge is 2.36. The maximum atomic E-state index is 12.5. The van der Waals surface area contributed by atoms with Crippen LogP contribution in [0.15, 0.2) is 54.3 Å². The van der Waals surface area contributed by atoms with Crippen molar-refractivity contribution < 1.29 is 22.6 Å². The Labute approximate surface area is 165 Å². The number of H-pyrrole nitrogens is 1. The van der Waals surface area contributed by atoms with Crippen molar-refractivity contribution in [2.24, 2.45) is 0 Å². The molecular weight excluding hydrogens is 395 g/mol. The molecule has 1 heterocycles. The van der Waals surface area contributed by atoms with Crippen LogP contribution >= 0.6 is 11.6 Å². The van der Waals surface area contributed by atoms with Gasteiger partial charge in [-0.1, -0.05) is 30.4 Å². The Hall–Kier alpha value is -2.45. The third-order valence-corrected chi connectivity index (χ3v) is 4.78. The molecule has 1 aromatic carbocycles. The molecule has 0 bridgehead atoms. The second-order valence-electron chi connectivity index (χ2n) is 6.33. The highest BCUT2D eigenvalue weighted by molar-refractivity contribution is 6.22. The fourth-order valence-corrected chi connectivity index (χ4v) is 3.38. The second kappa shape index (κ2) is 8.28. The molecule has 0 radical (unpaired) electrons. The molecule has 0 saturated heterocycles. The van der Waals surface area contributed by atoms with Crippen LogP contribution in [0.25, 0.3) is 0 Å². The zero-order valence-electron chi connectivity index (χ0n) is 14.9. The Balaban J connectivity index is 1.82. The van der Waals surface area contributed by atoms with Crippen LogP contribution in [-0.2, 0) is 4.74 Å². The SMILES string of the molecule is COc1ccc(C(CC2=CC(Cl)C(OC(F)(F)F)C=C2)c2cnc(N)[nH]2)cc1. The van der Waals surface area contributed by atoms with Gasteiger partial charge in [0.05, 0.1) is 18.7 Å². The Morgan fingerprint density at radius 2 is 2.00 bits per heavy atom. The number of nitrogens with one attached hydrogen (secondary N) is 1. The number of imidazole rings is 1. The molecule has 3 rings (SSSR count). The van der Waals surface area contributed by atoms with E-state index in [-0.39, 0.29) is 11.9 Å². The van der Waals surface area contributed by atoms with Gasteiger partial charge in [0.1, 0.15) is 11.9 Å². The number of nitrogens with two attached hydrogens (primary N) is 1. The van der Waals surface area contributed by atoms with E-state index in [1.807, 2.05) is 24.3 Å². The zero-order chi connectivity index (χ0) is 20.3. The molecule has 150 valence electrons. The monoisotopic (exact) mass is 413 g/mol. The van der Waals surface area contributed by atoms with Crippen LogP contribution in [0.2, 0.25) is 0 Å². The number of methoxy groups -OCH3 is 1. The van der Waals surface area contributed by atoms with Gasteiger partial charge in [-0.2, -0.15) is 0 Å². The minimum atomic E-state index is -4.74. The van der Waals surface area contributed by atoms with Gasteiger partial charge in [0.15, 0.2) is 5.95 Å². The van der Waals surface area contributed by atoms with Crippen molar-refractivity contribution in [2.75, 3.05) is 12.8 Å². The lowest BCUT2D eigenvalue weighted by atomic mass is 9.87. The summed E-state index contributed by atoms with van der Waals surface area (Å²) in [5.41, 5.74) is 8.26. The van der Waals surface area contributed by atoms with Crippen LogP contribution in [0.3, 0.4) is 0 Å².